The average molecular weight is 304 g/mol. The molecule has 0 aliphatic heterocycles. The highest BCUT2D eigenvalue weighted by Gasteiger charge is 2.29. The van der Waals surface area contributed by atoms with E-state index >= 15 is 0 Å². The lowest BCUT2D eigenvalue weighted by Crippen LogP contribution is -2.16. The third-order valence-corrected chi connectivity index (χ3v) is 4.21. The van der Waals surface area contributed by atoms with Crippen LogP contribution in [0.15, 0.2) is 21.3 Å². The number of rotatable bonds is 4. The summed E-state index contributed by atoms with van der Waals surface area (Å²) >= 11 is 1.33. The Labute approximate surface area is 122 Å². The van der Waals surface area contributed by atoms with E-state index in [9.17, 15) is 4.79 Å². The highest BCUT2D eigenvalue weighted by molar-refractivity contribution is 7.99. The molecule has 0 aromatic carbocycles. The zero-order valence-electron chi connectivity index (χ0n) is 11.1. The van der Waals surface area contributed by atoms with Gasteiger partial charge in [0.1, 0.15) is 10.5 Å². The molecular weight excluding hydrogens is 292 g/mol. The number of nitrogens with zero attached hydrogens (tertiary/aromatic N) is 5. The number of aromatic amines is 2. The summed E-state index contributed by atoms with van der Waals surface area (Å²) < 4.78 is 1.69. The van der Waals surface area contributed by atoms with Crippen molar-refractivity contribution < 1.29 is 0 Å². The summed E-state index contributed by atoms with van der Waals surface area (Å²) in [6, 6.07) is 0.251. The maximum Gasteiger partial charge on any atom is 0.344 e. The van der Waals surface area contributed by atoms with Crippen molar-refractivity contribution in [1.29, 1.82) is 0 Å². The number of aromatic nitrogens is 7. The van der Waals surface area contributed by atoms with Crippen LogP contribution in [0.5, 0.6) is 0 Å². The van der Waals surface area contributed by atoms with Gasteiger partial charge >= 0.3 is 5.69 Å². The largest absolute Gasteiger partial charge is 0.357 e. The second-order valence-electron chi connectivity index (χ2n) is 4.72. The van der Waals surface area contributed by atoms with Crippen LogP contribution in [0.4, 0.5) is 5.95 Å². The molecule has 0 amide bonds. The summed E-state index contributed by atoms with van der Waals surface area (Å²) in [5.41, 5.74) is 1.13. The molecule has 1 saturated carbocycles. The molecular formula is C11H12N8OS. The van der Waals surface area contributed by atoms with Gasteiger partial charge in [-0.05, 0) is 24.6 Å². The second kappa shape index (κ2) is 4.58. The van der Waals surface area contributed by atoms with E-state index in [4.69, 9.17) is 0 Å². The maximum absolute atomic E-state index is 11.8. The van der Waals surface area contributed by atoms with E-state index < -0.39 is 0 Å². The molecule has 0 atom stereocenters. The fraction of sp³-hybridized carbons (Fsp3) is 0.364. The van der Waals surface area contributed by atoms with Gasteiger partial charge in [0.15, 0.2) is 10.8 Å². The first-order chi connectivity index (χ1) is 10.3. The van der Waals surface area contributed by atoms with E-state index in [1.54, 1.807) is 17.9 Å². The van der Waals surface area contributed by atoms with Gasteiger partial charge in [-0.2, -0.15) is 4.98 Å². The number of anilines is 1. The number of hydrogen-bond acceptors (Lipinski definition) is 7. The predicted molar refractivity (Wildman–Crippen MR) is 76.5 cm³/mol. The molecule has 108 valence electrons. The number of nitrogens with one attached hydrogen (secondary N) is 3. The normalized spacial score (nSPS) is 14.7. The van der Waals surface area contributed by atoms with Gasteiger partial charge in [-0.25, -0.2) is 19.9 Å². The van der Waals surface area contributed by atoms with Crippen molar-refractivity contribution in [2.24, 2.45) is 0 Å². The minimum absolute atomic E-state index is 0.177. The summed E-state index contributed by atoms with van der Waals surface area (Å²) in [4.78, 5) is 27.7. The average Bonchev–Trinajstić information content (AvgIpc) is 3.08. The fourth-order valence-electron chi connectivity index (χ4n) is 2.10. The Morgan fingerprint density at radius 1 is 1.43 bits per heavy atom. The van der Waals surface area contributed by atoms with Crippen molar-refractivity contribution in [2.45, 2.75) is 29.1 Å². The van der Waals surface area contributed by atoms with Crippen LogP contribution in [-0.4, -0.2) is 41.7 Å². The van der Waals surface area contributed by atoms with Gasteiger partial charge in [-0.15, -0.1) is 5.10 Å². The van der Waals surface area contributed by atoms with E-state index in [-0.39, 0.29) is 11.7 Å². The molecule has 9 nitrogen and oxygen atoms in total. The monoisotopic (exact) mass is 304 g/mol. The number of hydrogen-bond donors (Lipinski definition) is 3. The van der Waals surface area contributed by atoms with Crippen LogP contribution in [-0.2, 0) is 0 Å². The topological polar surface area (TPSA) is 117 Å². The van der Waals surface area contributed by atoms with Crippen molar-refractivity contribution in [3.8, 4) is 0 Å². The lowest BCUT2D eigenvalue weighted by Gasteiger charge is -2.05. The van der Waals surface area contributed by atoms with E-state index in [2.05, 4.69) is 35.5 Å². The molecule has 4 rings (SSSR count). The molecule has 1 fully saturated rings. The highest BCUT2D eigenvalue weighted by Crippen LogP contribution is 2.38. The Kier molecular flexibility index (Phi) is 2.70. The first-order valence-electron chi connectivity index (χ1n) is 6.50. The summed E-state index contributed by atoms with van der Waals surface area (Å²) in [6.07, 6.45) is 3.59. The van der Waals surface area contributed by atoms with Crippen LogP contribution in [0.3, 0.4) is 0 Å². The summed E-state index contributed by atoms with van der Waals surface area (Å²) in [5.74, 6) is 0.480. The smallest absolute Gasteiger partial charge is 0.344 e. The molecule has 3 aromatic rings. The van der Waals surface area contributed by atoms with Crippen molar-refractivity contribution in [2.75, 3.05) is 12.4 Å². The maximum atomic E-state index is 11.8. The summed E-state index contributed by atoms with van der Waals surface area (Å²) in [6.45, 7) is 0. The van der Waals surface area contributed by atoms with E-state index in [1.807, 2.05) is 0 Å². The first-order valence-corrected chi connectivity index (χ1v) is 7.31. The molecule has 0 unspecified atom stereocenters. The van der Waals surface area contributed by atoms with Crippen molar-refractivity contribution >= 4 is 28.9 Å². The van der Waals surface area contributed by atoms with Gasteiger partial charge in [-0.3, -0.25) is 4.57 Å². The standard InChI is InChI=1S/C11H12N8OS/c1-12-9-15-7-6(13-4-14-7)8(16-9)21-11-18-17-10(20)19(11)5-2-3-5/h4-5H,2-3H2,1H3,(H,17,20)(H2,12,13,14,15,16). The Hall–Kier alpha value is -2.36. The van der Waals surface area contributed by atoms with Crippen molar-refractivity contribution in [3.63, 3.8) is 0 Å². The summed E-state index contributed by atoms with van der Waals surface area (Å²) in [5, 5.41) is 10.8. The summed E-state index contributed by atoms with van der Waals surface area (Å²) in [7, 11) is 1.75. The molecule has 3 N–H and O–H groups in total. The zero-order chi connectivity index (χ0) is 14.4. The van der Waals surface area contributed by atoms with Crippen LogP contribution in [0.25, 0.3) is 11.2 Å². The van der Waals surface area contributed by atoms with E-state index in [0.29, 0.717) is 21.8 Å². The van der Waals surface area contributed by atoms with E-state index in [1.165, 1.54) is 11.8 Å². The molecule has 1 aliphatic carbocycles. The molecule has 0 saturated heterocycles. The second-order valence-corrected chi connectivity index (χ2v) is 5.67. The van der Waals surface area contributed by atoms with Crippen molar-refractivity contribution in [3.05, 3.63) is 16.8 Å². The number of fused-ring (bicyclic) bond motifs is 1. The molecule has 1 aliphatic rings. The molecule has 3 heterocycles. The number of imidazole rings is 1. The van der Waals surface area contributed by atoms with Crippen LogP contribution in [0, 0.1) is 0 Å². The molecule has 10 heteroatoms. The van der Waals surface area contributed by atoms with Crippen LogP contribution in [0.1, 0.15) is 18.9 Å². The lowest BCUT2D eigenvalue weighted by molar-refractivity contribution is 0.642. The van der Waals surface area contributed by atoms with Gasteiger partial charge in [0, 0.05) is 13.1 Å². The first kappa shape index (κ1) is 12.4. The quantitative estimate of drug-likeness (QED) is 0.609. The molecule has 0 bridgehead atoms. The Bertz CT molecular complexity index is 861. The number of H-pyrrole nitrogens is 2. The SMILES string of the molecule is CNc1nc(Sc2n[nH]c(=O)n2C2CC2)c2[nH]cnc2n1. The lowest BCUT2D eigenvalue weighted by atomic mass is 10.5. The third-order valence-electron chi connectivity index (χ3n) is 3.25. The van der Waals surface area contributed by atoms with Gasteiger partial charge in [0.2, 0.25) is 5.95 Å². The molecule has 3 aromatic heterocycles. The Morgan fingerprint density at radius 2 is 2.29 bits per heavy atom. The van der Waals surface area contributed by atoms with Crippen LogP contribution >= 0.6 is 11.8 Å². The van der Waals surface area contributed by atoms with E-state index in [0.717, 1.165) is 18.4 Å². The molecule has 21 heavy (non-hydrogen) atoms. The van der Waals surface area contributed by atoms with Crippen LogP contribution in [0.2, 0.25) is 0 Å². The van der Waals surface area contributed by atoms with Gasteiger partial charge < -0.3 is 10.3 Å². The van der Waals surface area contributed by atoms with Crippen LogP contribution < -0.4 is 11.0 Å². The Balaban J connectivity index is 1.80. The minimum Gasteiger partial charge on any atom is -0.357 e. The molecule has 0 radical (unpaired) electrons. The minimum atomic E-state index is -0.177. The Morgan fingerprint density at radius 3 is 3.05 bits per heavy atom. The van der Waals surface area contributed by atoms with Gasteiger partial charge in [0.05, 0.1) is 6.33 Å². The molecule has 0 spiro atoms. The zero-order valence-corrected chi connectivity index (χ0v) is 11.9. The van der Waals surface area contributed by atoms with Gasteiger partial charge in [-0.1, -0.05) is 0 Å². The predicted octanol–water partition coefficient (Wildman–Crippen LogP) is 0.766. The highest BCUT2D eigenvalue weighted by atomic mass is 32.2. The van der Waals surface area contributed by atoms with Crippen molar-refractivity contribution in [1.82, 2.24) is 34.7 Å². The van der Waals surface area contributed by atoms with Gasteiger partial charge in [0.25, 0.3) is 0 Å². The third kappa shape index (κ3) is 2.07. The fourth-order valence-corrected chi connectivity index (χ4v) is 3.07.